The second kappa shape index (κ2) is 6.96. The predicted molar refractivity (Wildman–Crippen MR) is 69.1 cm³/mol. The molecule has 0 aliphatic heterocycles. The molecule has 20 heavy (non-hydrogen) atoms. The van der Waals surface area contributed by atoms with Crippen molar-refractivity contribution in [3.63, 3.8) is 0 Å². The van der Waals surface area contributed by atoms with Crippen LogP contribution in [0.25, 0.3) is 0 Å². The molecule has 0 spiro atoms. The Morgan fingerprint density at radius 1 is 1.40 bits per heavy atom. The monoisotopic (exact) mass is 285 g/mol. The number of halogens is 3. The van der Waals surface area contributed by atoms with Gasteiger partial charge in [-0.1, -0.05) is 11.8 Å². The van der Waals surface area contributed by atoms with Crippen molar-refractivity contribution in [2.24, 2.45) is 0 Å². The Morgan fingerprint density at radius 3 is 2.65 bits per heavy atom. The van der Waals surface area contributed by atoms with E-state index < -0.39 is 24.9 Å². The maximum Gasteiger partial charge on any atom is 0.389 e. The van der Waals surface area contributed by atoms with E-state index in [1.807, 2.05) is 0 Å². The molecule has 0 aliphatic carbocycles. The molecule has 0 unspecified atom stereocenters. The third-order valence-corrected chi connectivity index (χ3v) is 2.45. The molecular weight excluding hydrogens is 271 g/mol. The van der Waals surface area contributed by atoms with Gasteiger partial charge in [0, 0.05) is 17.7 Å². The molecule has 0 saturated heterocycles. The zero-order valence-corrected chi connectivity index (χ0v) is 10.8. The molecule has 6 heteroatoms. The summed E-state index contributed by atoms with van der Waals surface area (Å²) in [6.07, 6.45) is -6.08. The molecule has 0 aromatic heterocycles. The minimum atomic E-state index is -4.34. The topological polar surface area (TPSA) is 49.3 Å². The van der Waals surface area contributed by atoms with E-state index in [-0.39, 0.29) is 6.61 Å². The Hall–Kier alpha value is -2.00. The minimum Gasteiger partial charge on any atom is -0.384 e. The number of amides is 1. The molecule has 108 valence electrons. The van der Waals surface area contributed by atoms with Gasteiger partial charge in [-0.25, -0.2) is 0 Å². The van der Waals surface area contributed by atoms with Crippen LogP contribution in [0.3, 0.4) is 0 Å². The van der Waals surface area contributed by atoms with Gasteiger partial charge in [0.2, 0.25) is 5.91 Å². The van der Waals surface area contributed by atoms with E-state index in [4.69, 9.17) is 5.11 Å². The van der Waals surface area contributed by atoms with Crippen LogP contribution in [0, 0.1) is 18.8 Å². The number of rotatable bonds is 3. The number of aliphatic hydroxyl groups excluding tert-OH is 1. The summed E-state index contributed by atoms with van der Waals surface area (Å²) in [6.45, 7) is 1.46. The molecule has 0 atom stereocenters. The molecule has 2 N–H and O–H groups in total. The lowest BCUT2D eigenvalue weighted by atomic mass is 10.1. The van der Waals surface area contributed by atoms with Gasteiger partial charge < -0.3 is 10.4 Å². The summed E-state index contributed by atoms with van der Waals surface area (Å²) in [4.78, 5) is 11.4. The quantitative estimate of drug-likeness (QED) is 0.839. The predicted octanol–water partition coefficient (Wildman–Crippen LogP) is 2.62. The molecule has 1 aromatic carbocycles. The summed E-state index contributed by atoms with van der Waals surface area (Å²) in [6, 6.07) is 4.87. The first kappa shape index (κ1) is 16.1. The molecule has 0 heterocycles. The zero-order valence-electron chi connectivity index (χ0n) is 10.8. The lowest BCUT2D eigenvalue weighted by Crippen LogP contribution is -2.17. The number of nitrogens with one attached hydrogen (secondary N) is 1. The van der Waals surface area contributed by atoms with Gasteiger partial charge in [0.15, 0.2) is 0 Å². The second-order valence-electron chi connectivity index (χ2n) is 4.15. The van der Waals surface area contributed by atoms with E-state index in [9.17, 15) is 18.0 Å². The molecule has 0 aliphatic rings. The van der Waals surface area contributed by atoms with Crippen molar-refractivity contribution in [2.45, 2.75) is 25.9 Å². The summed E-state index contributed by atoms with van der Waals surface area (Å²) < 4.78 is 36.0. The van der Waals surface area contributed by atoms with Gasteiger partial charge in [-0.2, -0.15) is 13.2 Å². The summed E-state index contributed by atoms with van der Waals surface area (Å²) in [5.74, 6) is 4.50. The van der Waals surface area contributed by atoms with Crippen molar-refractivity contribution in [3.05, 3.63) is 29.3 Å². The standard InChI is InChI=1S/C14H14F3NO2/c1-10-9-11(3-2-8-19)4-5-12(10)18-13(20)6-7-14(15,16)17/h4-5,9,19H,6-8H2,1H3,(H,18,20). The lowest BCUT2D eigenvalue weighted by Gasteiger charge is -2.10. The number of carbonyl (C=O) groups is 1. The SMILES string of the molecule is Cc1cc(C#CCO)ccc1NC(=O)CCC(F)(F)F. The first-order valence-corrected chi connectivity index (χ1v) is 5.89. The van der Waals surface area contributed by atoms with Crippen molar-refractivity contribution < 1.29 is 23.1 Å². The van der Waals surface area contributed by atoms with E-state index in [1.54, 1.807) is 25.1 Å². The van der Waals surface area contributed by atoms with E-state index >= 15 is 0 Å². The largest absolute Gasteiger partial charge is 0.389 e. The Morgan fingerprint density at radius 2 is 2.10 bits per heavy atom. The average molecular weight is 285 g/mol. The van der Waals surface area contributed by atoms with Gasteiger partial charge in [-0.15, -0.1) is 0 Å². The molecule has 3 nitrogen and oxygen atoms in total. The van der Waals surface area contributed by atoms with E-state index in [2.05, 4.69) is 17.2 Å². The molecule has 1 aromatic rings. The van der Waals surface area contributed by atoms with E-state index in [1.165, 1.54) is 0 Å². The number of hydrogen-bond donors (Lipinski definition) is 2. The van der Waals surface area contributed by atoms with Gasteiger partial charge in [0.1, 0.15) is 6.61 Å². The highest BCUT2D eigenvalue weighted by atomic mass is 19.4. The van der Waals surface area contributed by atoms with Crippen LogP contribution in [0.15, 0.2) is 18.2 Å². The number of alkyl halides is 3. The minimum absolute atomic E-state index is 0.255. The maximum absolute atomic E-state index is 12.0. The third kappa shape index (κ3) is 5.76. The Kier molecular flexibility index (Phi) is 5.59. The first-order chi connectivity index (χ1) is 9.31. The van der Waals surface area contributed by atoms with Gasteiger partial charge in [0.05, 0.1) is 6.42 Å². The summed E-state index contributed by atoms with van der Waals surface area (Å²) in [7, 11) is 0. The van der Waals surface area contributed by atoms with Crippen LogP contribution in [-0.4, -0.2) is 23.8 Å². The fourth-order valence-corrected chi connectivity index (χ4v) is 1.49. The molecule has 1 amide bonds. The van der Waals surface area contributed by atoms with Crippen molar-refractivity contribution in [3.8, 4) is 11.8 Å². The fourth-order valence-electron chi connectivity index (χ4n) is 1.49. The second-order valence-corrected chi connectivity index (χ2v) is 4.15. The normalized spacial score (nSPS) is 10.7. The van der Waals surface area contributed by atoms with Crippen molar-refractivity contribution in [1.29, 1.82) is 0 Å². The van der Waals surface area contributed by atoms with Crippen LogP contribution < -0.4 is 5.32 Å². The Balaban J connectivity index is 2.67. The van der Waals surface area contributed by atoms with Gasteiger partial charge in [0.25, 0.3) is 0 Å². The highest BCUT2D eigenvalue weighted by Crippen LogP contribution is 2.22. The number of aryl methyl sites for hydroxylation is 1. The van der Waals surface area contributed by atoms with Crippen molar-refractivity contribution >= 4 is 11.6 Å². The van der Waals surface area contributed by atoms with Crippen LogP contribution in [0.5, 0.6) is 0 Å². The Labute approximate surface area is 114 Å². The van der Waals surface area contributed by atoms with Crippen LogP contribution in [-0.2, 0) is 4.79 Å². The molecule has 0 saturated carbocycles. The maximum atomic E-state index is 12.0. The third-order valence-electron chi connectivity index (χ3n) is 2.45. The molecule has 0 radical (unpaired) electrons. The van der Waals surface area contributed by atoms with Gasteiger partial charge >= 0.3 is 6.18 Å². The first-order valence-electron chi connectivity index (χ1n) is 5.89. The highest BCUT2D eigenvalue weighted by molar-refractivity contribution is 5.91. The van der Waals surface area contributed by atoms with Crippen LogP contribution in [0.2, 0.25) is 0 Å². The highest BCUT2D eigenvalue weighted by Gasteiger charge is 2.27. The molecule has 1 rings (SSSR count). The number of anilines is 1. The van der Waals surface area contributed by atoms with Crippen LogP contribution >= 0.6 is 0 Å². The van der Waals surface area contributed by atoms with Gasteiger partial charge in [-0.3, -0.25) is 4.79 Å². The smallest absolute Gasteiger partial charge is 0.384 e. The van der Waals surface area contributed by atoms with Crippen molar-refractivity contribution in [2.75, 3.05) is 11.9 Å². The fraction of sp³-hybridized carbons (Fsp3) is 0.357. The van der Waals surface area contributed by atoms with Crippen molar-refractivity contribution in [1.82, 2.24) is 0 Å². The number of aliphatic hydroxyl groups is 1. The summed E-state index contributed by atoms with van der Waals surface area (Å²) in [5.41, 5.74) is 1.80. The van der Waals surface area contributed by atoms with Crippen LogP contribution in [0.1, 0.15) is 24.0 Å². The molecular formula is C14H14F3NO2. The summed E-state index contributed by atoms with van der Waals surface area (Å²) >= 11 is 0. The van der Waals surface area contributed by atoms with Crippen LogP contribution in [0.4, 0.5) is 18.9 Å². The lowest BCUT2D eigenvalue weighted by molar-refractivity contribution is -0.142. The zero-order chi connectivity index (χ0) is 15.2. The Bertz CT molecular complexity index is 542. The molecule has 0 bridgehead atoms. The average Bonchev–Trinajstić information content (AvgIpc) is 2.36. The van der Waals surface area contributed by atoms with E-state index in [0.717, 1.165) is 0 Å². The number of carbonyl (C=O) groups excluding carboxylic acids is 1. The summed E-state index contributed by atoms with van der Waals surface area (Å²) in [5, 5.41) is 11.0. The van der Waals surface area contributed by atoms with E-state index in [0.29, 0.717) is 16.8 Å². The molecule has 0 fully saturated rings. The number of hydrogen-bond acceptors (Lipinski definition) is 2. The number of benzene rings is 1. The van der Waals surface area contributed by atoms with Gasteiger partial charge in [-0.05, 0) is 30.7 Å².